The number of aromatic carboxylic acids is 5. The molecule has 320 valence electrons. The molecule has 0 aliphatic carbocycles. The molecule has 5 aromatic carbocycles. The average Bonchev–Trinajstić information content (AvgIpc) is 3.18. The Hall–Kier alpha value is -7.55. The predicted octanol–water partition coefficient (Wildman–Crippen LogP) is 8.62. The zero-order chi connectivity index (χ0) is 45.5. The zero-order valence-corrected chi connectivity index (χ0v) is 33.5. The minimum Gasteiger partial charge on any atom is -0.508 e. The number of benzene rings is 5. The molecule has 0 amide bonds. The molecule has 0 fully saturated rings. The van der Waals surface area contributed by atoms with E-state index >= 15 is 0 Å². The number of carboxylic acids is 5. The van der Waals surface area contributed by atoms with Crippen molar-refractivity contribution in [1.29, 1.82) is 0 Å². The Balaban J connectivity index is 0.000000377. The maximum atomic E-state index is 10.8. The molecule has 0 atom stereocenters. The third-order valence-corrected chi connectivity index (χ3v) is 8.21. The highest BCUT2D eigenvalue weighted by Crippen LogP contribution is 2.20. The second-order valence-corrected chi connectivity index (χ2v) is 12.8. The van der Waals surface area contributed by atoms with Crippen LogP contribution < -0.4 is 0 Å². The van der Waals surface area contributed by atoms with Crippen LogP contribution in [0.2, 0.25) is 0 Å². The largest absolute Gasteiger partial charge is 0.508 e. The van der Waals surface area contributed by atoms with Crippen molar-refractivity contribution in [2.45, 2.75) is 66.2 Å². The Labute approximate surface area is 346 Å². The molecule has 0 saturated heterocycles. The van der Waals surface area contributed by atoms with E-state index in [1.165, 1.54) is 97.1 Å². The van der Waals surface area contributed by atoms with Gasteiger partial charge in [-0.25, -0.2) is 24.0 Å². The number of aryl methyl sites for hydroxylation is 4. The first-order chi connectivity index (χ1) is 28.2. The van der Waals surface area contributed by atoms with E-state index in [0.717, 1.165) is 19.3 Å². The van der Waals surface area contributed by atoms with E-state index in [4.69, 9.17) is 46.0 Å². The SMILES string of the molecule is CCCCc1cc(O)ccc1C(=O)O.CCCc1cc(O)ccc1C(=O)O.CCc1cc(O)ccc1C(=O)O.Cc1cc(O)ccc1C(=O)O.O=C(O)c1ccc(O)cc1. The van der Waals surface area contributed by atoms with Gasteiger partial charge in [-0.15, -0.1) is 0 Å². The van der Waals surface area contributed by atoms with E-state index in [-0.39, 0.29) is 56.6 Å². The molecule has 60 heavy (non-hydrogen) atoms. The molecule has 0 radical (unpaired) electrons. The number of phenols is 5. The van der Waals surface area contributed by atoms with Crippen LogP contribution in [-0.2, 0) is 19.3 Å². The van der Waals surface area contributed by atoms with Crippen molar-refractivity contribution in [3.8, 4) is 28.7 Å². The lowest BCUT2D eigenvalue weighted by Gasteiger charge is -2.05. The number of carbonyl (C=O) groups is 5. The van der Waals surface area contributed by atoms with E-state index < -0.39 is 29.8 Å². The molecule has 0 aliphatic heterocycles. The maximum absolute atomic E-state index is 10.8. The predicted molar refractivity (Wildman–Crippen MR) is 222 cm³/mol. The summed E-state index contributed by atoms with van der Waals surface area (Å²) in [7, 11) is 0. The van der Waals surface area contributed by atoms with Gasteiger partial charge in [-0.1, -0.05) is 33.6 Å². The molecule has 0 aliphatic rings. The minimum absolute atomic E-state index is 0.0741. The summed E-state index contributed by atoms with van der Waals surface area (Å²) in [5, 5.41) is 88.5. The average molecular weight is 831 g/mol. The van der Waals surface area contributed by atoms with E-state index in [1.54, 1.807) is 6.92 Å². The number of unbranched alkanes of at least 4 members (excludes halogenated alkanes) is 1. The van der Waals surface area contributed by atoms with Gasteiger partial charge >= 0.3 is 29.8 Å². The third-order valence-electron chi connectivity index (χ3n) is 8.21. The van der Waals surface area contributed by atoms with Crippen molar-refractivity contribution >= 4 is 29.8 Å². The highest BCUT2D eigenvalue weighted by molar-refractivity contribution is 5.91. The van der Waals surface area contributed by atoms with Crippen LogP contribution in [0.5, 0.6) is 28.7 Å². The van der Waals surface area contributed by atoms with Crippen molar-refractivity contribution in [2.24, 2.45) is 0 Å². The van der Waals surface area contributed by atoms with Gasteiger partial charge in [0, 0.05) is 0 Å². The summed E-state index contributed by atoms with van der Waals surface area (Å²) >= 11 is 0. The van der Waals surface area contributed by atoms with Crippen LogP contribution in [0.15, 0.2) is 97.1 Å². The minimum atomic E-state index is -0.986. The smallest absolute Gasteiger partial charge is 0.335 e. The molecule has 15 heteroatoms. The quantitative estimate of drug-likeness (QED) is 0.0596. The molecule has 0 spiro atoms. The van der Waals surface area contributed by atoms with Crippen LogP contribution in [0, 0.1) is 6.92 Å². The first kappa shape index (κ1) is 50.5. The van der Waals surface area contributed by atoms with Gasteiger partial charge < -0.3 is 51.1 Å². The van der Waals surface area contributed by atoms with Gasteiger partial charge in [-0.2, -0.15) is 0 Å². The Bertz CT molecular complexity index is 2210. The van der Waals surface area contributed by atoms with E-state index in [1.807, 2.05) is 20.8 Å². The van der Waals surface area contributed by atoms with Gasteiger partial charge in [0.05, 0.1) is 27.8 Å². The Morgan fingerprint density at radius 1 is 0.400 bits per heavy atom. The lowest BCUT2D eigenvalue weighted by atomic mass is 10.0. The monoisotopic (exact) mass is 830 g/mol. The number of aromatic hydroxyl groups is 5. The van der Waals surface area contributed by atoms with E-state index in [9.17, 15) is 29.1 Å². The topological polar surface area (TPSA) is 288 Å². The van der Waals surface area contributed by atoms with Crippen LogP contribution in [-0.4, -0.2) is 80.9 Å². The Morgan fingerprint density at radius 3 is 1.10 bits per heavy atom. The number of carboxylic acid groups (broad SMARTS) is 5. The summed E-state index contributed by atoms with van der Waals surface area (Å²) in [5.74, 6) is -4.27. The second-order valence-electron chi connectivity index (χ2n) is 12.8. The number of hydrogen-bond acceptors (Lipinski definition) is 10. The van der Waals surface area contributed by atoms with E-state index in [0.29, 0.717) is 41.5 Å². The summed E-state index contributed by atoms with van der Waals surface area (Å²) in [6.07, 6.45) is 4.79. The maximum Gasteiger partial charge on any atom is 0.335 e. The van der Waals surface area contributed by atoms with Crippen LogP contribution in [0.1, 0.15) is 114 Å². The van der Waals surface area contributed by atoms with Crippen LogP contribution in [0.4, 0.5) is 0 Å². The number of phenolic OH excluding ortho intramolecular Hbond substituents is 5. The van der Waals surface area contributed by atoms with Gasteiger partial charge in [0.25, 0.3) is 0 Å². The van der Waals surface area contributed by atoms with Crippen molar-refractivity contribution in [3.63, 3.8) is 0 Å². The van der Waals surface area contributed by atoms with Crippen molar-refractivity contribution in [2.75, 3.05) is 0 Å². The molecule has 0 unspecified atom stereocenters. The summed E-state index contributed by atoms with van der Waals surface area (Å²) in [5.41, 5.74) is 3.85. The first-order valence-electron chi connectivity index (χ1n) is 18.5. The molecule has 0 heterocycles. The van der Waals surface area contributed by atoms with Gasteiger partial charge in [0.15, 0.2) is 0 Å². The third kappa shape index (κ3) is 17.7. The molecule has 0 bridgehead atoms. The molecular formula is C45H50O15. The summed E-state index contributed by atoms with van der Waals surface area (Å²) in [6, 6.07) is 22.5. The molecular weight excluding hydrogens is 780 g/mol. The lowest BCUT2D eigenvalue weighted by Crippen LogP contribution is -2.02. The van der Waals surface area contributed by atoms with Gasteiger partial charge in [0.2, 0.25) is 0 Å². The van der Waals surface area contributed by atoms with E-state index in [2.05, 4.69) is 0 Å². The van der Waals surface area contributed by atoms with Crippen LogP contribution in [0.25, 0.3) is 0 Å². The highest BCUT2D eigenvalue weighted by Gasteiger charge is 2.11. The standard InChI is InChI=1S/C11H14O3.C10H12O3.C9H10O3.C8H8O3.C7H6O3/c1-2-3-4-8-7-9(12)5-6-10(8)11(13)14;1-2-3-7-6-8(11)4-5-9(7)10(12)13;1-2-6-5-7(10)3-4-8(6)9(11)12;1-5-4-6(9)2-3-7(5)8(10)11;8-6-3-1-5(2-4-6)7(9)10/h5-7,12H,2-4H2,1H3,(H,13,14);4-6,11H,2-3H2,1H3,(H,12,13);3-5,10H,2H2,1H3,(H,11,12);2-4,9H,1H3,(H,10,11);1-4,8H,(H,9,10). The van der Waals surface area contributed by atoms with Crippen LogP contribution in [0.3, 0.4) is 0 Å². The molecule has 15 nitrogen and oxygen atoms in total. The van der Waals surface area contributed by atoms with Crippen molar-refractivity contribution in [3.05, 3.63) is 147 Å². The van der Waals surface area contributed by atoms with Crippen molar-refractivity contribution < 1.29 is 75.0 Å². The molecule has 5 rings (SSSR count). The lowest BCUT2D eigenvalue weighted by molar-refractivity contribution is 0.0684. The fraction of sp³-hybridized carbons (Fsp3) is 0.222. The highest BCUT2D eigenvalue weighted by atomic mass is 16.4. The van der Waals surface area contributed by atoms with Gasteiger partial charge in [0.1, 0.15) is 28.7 Å². The van der Waals surface area contributed by atoms with Gasteiger partial charge in [-0.05, 0) is 152 Å². The number of hydrogen-bond donors (Lipinski definition) is 10. The van der Waals surface area contributed by atoms with Crippen LogP contribution >= 0.6 is 0 Å². The first-order valence-corrected chi connectivity index (χ1v) is 18.5. The van der Waals surface area contributed by atoms with Crippen molar-refractivity contribution in [1.82, 2.24) is 0 Å². The molecule has 10 N–H and O–H groups in total. The fourth-order valence-electron chi connectivity index (χ4n) is 5.20. The number of rotatable bonds is 11. The molecule has 5 aromatic rings. The summed E-state index contributed by atoms with van der Waals surface area (Å²) in [4.78, 5) is 52.8. The fourth-order valence-corrected chi connectivity index (χ4v) is 5.20. The van der Waals surface area contributed by atoms with Gasteiger partial charge in [-0.3, -0.25) is 0 Å². The molecule has 0 saturated carbocycles. The Kier molecular flexibility index (Phi) is 21.6. The summed E-state index contributed by atoms with van der Waals surface area (Å²) in [6.45, 7) is 7.50. The molecule has 0 aromatic heterocycles. The normalized spacial score (nSPS) is 9.73. The zero-order valence-electron chi connectivity index (χ0n) is 33.5. The Morgan fingerprint density at radius 2 is 0.750 bits per heavy atom. The second kappa shape index (κ2) is 25.7. The summed E-state index contributed by atoms with van der Waals surface area (Å²) < 4.78 is 0.